The monoisotopic (exact) mass is 329 g/mol. The summed E-state index contributed by atoms with van der Waals surface area (Å²) >= 11 is 0. The van der Waals surface area contributed by atoms with E-state index in [1.54, 1.807) is 44.6 Å². The number of rotatable bonds is 8. The molecule has 0 unspecified atom stereocenters. The predicted molar refractivity (Wildman–Crippen MR) is 94.3 cm³/mol. The minimum absolute atomic E-state index is 0.221. The van der Waals surface area contributed by atoms with Crippen LogP contribution in [-0.4, -0.2) is 26.7 Å². The van der Waals surface area contributed by atoms with Gasteiger partial charge >= 0.3 is 0 Å². The van der Waals surface area contributed by atoms with Crippen LogP contribution in [-0.2, 0) is 0 Å². The minimum Gasteiger partial charge on any atom is -0.497 e. The minimum atomic E-state index is -0.221. The number of anilines is 1. The summed E-state index contributed by atoms with van der Waals surface area (Å²) in [5.74, 6) is 1.65. The molecule has 128 valence electrons. The molecular formula is C19H23NO4. The second-order valence-electron chi connectivity index (χ2n) is 5.25. The molecule has 24 heavy (non-hydrogen) atoms. The molecule has 0 bridgehead atoms. The van der Waals surface area contributed by atoms with Crippen molar-refractivity contribution in [2.24, 2.45) is 0 Å². The Balaban J connectivity index is 2.11. The predicted octanol–water partition coefficient (Wildman–Crippen LogP) is 4.14. The van der Waals surface area contributed by atoms with Crippen molar-refractivity contribution in [3.63, 3.8) is 0 Å². The zero-order valence-corrected chi connectivity index (χ0v) is 14.3. The van der Waals surface area contributed by atoms with Gasteiger partial charge in [0.15, 0.2) is 11.5 Å². The van der Waals surface area contributed by atoms with E-state index in [1.165, 1.54) is 0 Å². The molecule has 0 aromatic heterocycles. The van der Waals surface area contributed by atoms with Crippen molar-refractivity contribution in [2.45, 2.75) is 19.8 Å². The Kier molecular flexibility index (Phi) is 6.49. The van der Waals surface area contributed by atoms with Crippen molar-refractivity contribution in [2.75, 3.05) is 26.1 Å². The first kappa shape index (κ1) is 17.7. The van der Waals surface area contributed by atoms with Gasteiger partial charge in [0.1, 0.15) is 5.75 Å². The third-order valence-corrected chi connectivity index (χ3v) is 3.51. The lowest BCUT2D eigenvalue weighted by atomic mass is 10.1. The van der Waals surface area contributed by atoms with Gasteiger partial charge in [-0.1, -0.05) is 19.4 Å². The molecule has 5 heteroatoms. The van der Waals surface area contributed by atoms with E-state index in [1.807, 2.05) is 12.1 Å². The number of hydrogen-bond donors (Lipinski definition) is 1. The quantitative estimate of drug-likeness (QED) is 0.740. The zero-order chi connectivity index (χ0) is 17.4. The zero-order valence-electron chi connectivity index (χ0n) is 14.3. The van der Waals surface area contributed by atoms with Crippen LogP contribution in [0.4, 0.5) is 5.69 Å². The van der Waals surface area contributed by atoms with Crippen LogP contribution < -0.4 is 19.5 Å². The van der Waals surface area contributed by atoms with Crippen LogP contribution in [0.25, 0.3) is 0 Å². The third kappa shape index (κ3) is 4.65. The number of benzene rings is 2. The number of hydrogen-bond acceptors (Lipinski definition) is 4. The molecular weight excluding hydrogens is 306 g/mol. The van der Waals surface area contributed by atoms with Crippen LogP contribution in [0.5, 0.6) is 17.2 Å². The van der Waals surface area contributed by atoms with Gasteiger partial charge in [-0.15, -0.1) is 0 Å². The van der Waals surface area contributed by atoms with E-state index >= 15 is 0 Å². The highest BCUT2D eigenvalue weighted by molar-refractivity contribution is 6.04. The molecule has 0 radical (unpaired) electrons. The summed E-state index contributed by atoms with van der Waals surface area (Å²) in [4.78, 5) is 12.4. The maximum Gasteiger partial charge on any atom is 0.255 e. The molecule has 1 amide bonds. The molecule has 0 aliphatic rings. The van der Waals surface area contributed by atoms with Gasteiger partial charge in [-0.2, -0.15) is 0 Å². The van der Waals surface area contributed by atoms with Gasteiger partial charge in [-0.05, 0) is 36.8 Å². The SMILES string of the molecule is CCCCOc1ccc(C(=O)Nc2cccc(OC)c2)cc1OC. The lowest BCUT2D eigenvalue weighted by molar-refractivity contribution is 0.102. The summed E-state index contributed by atoms with van der Waals surface area (Å²) in [6.45, 7) is 2.73. The fraction of sp³-hybridized carbons (Fsp3) is 0.316. The lowest BCUT2D eigenvalue weighted by Crippen LogP contribution is -2.12. The molecule has 0 saturated heterocycles. The summed E-state index contributed by atoms with van der Waals surface area (Å²) in [6, 6.07) is 12.4. The normalized spacial score (nSPS) is 10.1. The van der Waals surface area contributed by atoms with E-state index in [0.29, 0.717) is 35.1 Å². The maximum atomic E-state index is 12.4. The van der Waals surface area contributed by atoms with Crippen molar-refractivity contribution in [3.8, 4) is 17.2 Å². The second-order valence-corrected chi connectivity index (χ2v) is 5.25. The first-order valence-corrected chi connectivity index (χ1v) is 7.94. The van der Waals surface area contributed by atoms with E-state index in [-0.39, 0.29) is 5.91 Å². The van der Waals surface area contributed by atoms with E-state index < -0.39 is 0 Å². The molecule has 2 rings (SSSR count). The Bertz CT molecular complexity index is 685. The van der Waals surface area contributed by atoms with Crippen LogP contribution >= 0.6 is 0 Å². The number of ether oxygens (including phenoxy) is 3. The Labute approximate surface area is 142 Å². The number of unbranched alkanes of at least 4 members (excludes halogenated alkanes) is 1. The molecule has 2 aromatic carbocycles. The van der Waals surface area contributed by atoms with E-state index in [2.05, 4.69) is 12.2 Å². The summed E-state index contributed by atoms with van der Waals surface area (Å²) in [5, 5.41) is 2.84. The Morgan fingerprint density at radius 2 is 1.88 bits per heavy atom. The van der Waals surface area contributed by atoms with Crippen LogP contribution in [0, 0.1) is 0 Å². The Hall–Kier alpha value is -2.69. The standard InChI is InChI=1S/C19H23NO4/c1-4-5-11-24-17-10-9-14(12-18(17)23-3)19(21)20-15-7-6-8-16(13-15)22-2/h6-10,12-13H,4-5,11H2,1-3H3,(H,20,21). The van der Waals surface area contributed by atoms with Crippen LogP contribution in [0.3, 0.4) is 0 Å². The Morgan fingerprint density at radius 3 is 2.58 bits per heavy atom. The molecule has 0 aliphatic heterocycles. The first-order chi connectivity index (χ1) is 11.7. The average molecular weight is 329 g/mol. The first-order valence-electron chi connectivity index (χ1n) is 7.94. The topological polar surface area (TPSA) is 56.8 Å². The number of carbonyl (C=O) groups excluding carboxylic acids is 1. The lowest BCUT2D eigenvalue weighted by Gasteiger charge is -2.12. The van der Waals surface area contributed by atoms with Crippen LogP contribution in [0.15, 0.2) is 42.5 Å². The largest absolute Gasteiger partial charge is 0.497 e. The molecule has 1 N–H and O–H groups in total. The number of nitrogens with one attached hydrogen (secondary N) is 1. The number of amides is 1. The molecule has 0 atom stereocenters. The van der Waals surface area contributed by atoms with Gasteiger partial charge in [0.25, 0.3) is 5.91 Å². The van der Waals surface area contributed by atoms with Gasteiger partial charge in [0.05, 0.1) is 20.8 Å². The average Bonchev–Trinajstić information content (AvgIpc) is 2.62. The fourth-order valence-electron chi connectivity index (χ4n) is 2.16. The van der Waals surface area contributed by atoms with E-state index in [4.69, 9.17) is 14.2 Å². The molecule has 0 aliphatic carbocycles. The highest BCUT2D eigenvalue weighted by Crippen LogP contribution is 2.28. The van der Waals surface area contributed by atoms with Crippen molar-refractivity contribution < 1.29 is 19.0 Å². The molecule has 5 nitrogen and oxygen atoms in total. The molecule has 2 aromatic rings. The van der Waals surface area contributed by atoms with Crippen molar-refractivity contribution in [1.82, 2.24) is 0 Å². The highest BCUT2D eigenvalue weighted by Gasteiger charge is 2.12. The number of carbonyl (C=O) groups is 1. The highest BCUT2D eigenvalue weighted by atomic mass is 16.5. The molecule has 0 fully saturated rings. The van der Waals surface area contributed by atoms with E-state index in [9.17, 15) is 4.79 Å². The van der Waals surface area contributed by atoms with Crippen LogP contribution in [0.2, 0.25) is 0 Å². The van der Waals surface area contributed by atoms with Gasteiger partial charge in [0.2, 0.25) is 0 Å². The molecule has 0 spiro atoms. The van der Waals surface area contributed by atoms with Crippen molar-refractivity contribution in [1.29, 1.82) is 0 Å². The summed E-state index contributed by atoms with van der Waals surface area (Å²) in [7, 11) is 3.15. The van der Waals surface area contributed by atoms with E-state index in [0.717, 1.165) is 12.8 Å². The summed E-state index contributed by atoms with van der Waals surface area (Å²) < 4.78 is 16.2. The molecule has 0 heterocycles. The van der Waals surface area contributed by atoms with Crippen LogP contribution in [0.1, 0.15) is 30.1 Å². The van der Waals surface area contributed by atoms with Gasteiger partial charge < -0.3 is 19.5 Å². The molecule has 0 saturated carbocycles. The number of methoxy groups -OCH3 is 2. The van der Waals surface area contributed by atoms with Crippen molar-refractivity contribution in [3.05, 3.63) is 48.0 Å². The van der Waals surface area contributed by atoms with Gasteiger partial charge in [-0.3, -0.25) is 4.79 Å². The third-order valence-electron chi connectivity index (χ3n) is 3.51. The summed E-state index contributed by atoms with van der Waals surface area (Å²) in [5.41, 5.74) is 1.17. The summed E-state index contributed by atoms with van der Waals surface area (Å²) in [6.07, 6.45) is 2.03. The fourth-order valence-corrected chi connectivity index (χ4v) is 2.16. The second kappa shape index (κ2) is 8.82. The maximum absolute atomic E-state index is 12.4. The Morgan fingerprint density at radius 1 is 1.04 bits per heavy atom. The smallest absolute Gasteiger partial charge is 0.255 e. The van der Waals surface area contributed by atoms with Gasteiger partial charge in [0, 0.05) is 17.3 Å². The van der Waals surface area contributed by atoms with Crippen molar-refractivity contribution >= 4 is 11.6 Å². The van der Waals surface area contributed by atoms with Gasteiger partial charge in [-0.25, -0.2) is 0 Å².